The molecule has 1 heterocycles. The minimum atomic E-state index is -4.12. The van der Waals surface area contributed by atoms with E-state index in [2.05, 4.69) is 0 Å². The fourth-order valence-corrected chi connectivity index (χ4v) is 5.88. The third kappa shape index (κ3) is 5.92. The molecule has 0 saturated carbocycles. The van der Waals surface area contributed by atoms with Gasteiger partial charge in [0.25, 0.3) is 11.8 Å². The van der Waals surface area contributed by atoms with E-state index in [1.54, 1.807) is 38.4 Å². The highest BCUT2D eigenvalue weighted by Crippen LogP contribution is 2.36. The van der Waals surface area contributed by atoms with Gasteiger partial charge in [0, 0.05) is 32.9 Å². The van der Waals surface area contributed by atoms with Gasteiger partial charge in [-0.3, -0.25) is 14.8 Å². The van der Waals surface area contributed by atoms with Crippen LogP contribution in [0.4, 0.5) is 0 Å². The summed E-state index contributed by atoms with van der Waals surface area (Å²) in [6.45, 7) is 0.840. The summed E-state index contributed by atoms with van der Waals surface area (Å²) < 4.78 is 41.6. The fraction of sp³-hybridized carbons (Fsp3) is 0.417. The number of nitrogens with one attached hydrogen (secondary N) is 1. The highest BCUT2D eigenvalue weighted by Gasteiger charge is 2.51. The molecule has 0 spiro atoms. The van der Waals surface area contributed by atoms with Crippen LogP contribution in [0.5, 0.6) is 11.5 Å². The van der Waals surface area contributed by atoms with Crippen LogP contribution in [0.1, 0.15) is 29.6 Å². The number of nitrogens with zero attached hydrogens (tertiary/aromatic N) is 1. The van der Waals surface area contributed by atoms with Crippen molar-refractivity contribution < 1.29 is 37.4 Å². The zero-order valence-electron chi connectivity index (χ0n) is 19.7. The Hall–Kier alpha value is -3.15. The summed E-state index contributed by atoms with van der Waals surface area (Å²) in [6, 6.07) is 12.6. The van der Waals surface area contributed by atoms with Crippen LogP contribution in [0.3, 0.4) is 0 Å². The standard InChI is InChI=1S/C24H30N2O8S/c1-26(2)22(27)18-5-3-6-20(17-18)34-16-15-33-19-7-9-21(10-8-19)35(30,31)24(23(28)25-29)11-4-13-32-14-12-24/h3,5-10,17,29H,4,11-16H2,1-2H3,(H,25,28). The minimum Gasteiger partial charge on any atom is -0.490 e. The molecule has 0 aliphatic carbocycles. The number of benzene rings is 2. The van der Waals surface area contributed by atoms with E-state index in [0.29, 0.717) is 30.1 Å². The number of hydrogen-bond acceptors (Lipinski definition) is 8. The summed E-state index contributed by atoms with van der Waals surface area (Å²) >= 11 is 0. The number of ether oxygens (including phenoxy) is 3. The van der Waals surface area contributed by atoms with Crippen LogP contribution >= 0.6 is 0 Å². The van der Waals surface area contributed by atoms with E-state index in [1.807, 2.05) is 0 Å². The highest BCUT2D eigenvalue weighted by atomic mass is 32.2. The number of amides is 2. The Morgan fingerprint density at radius 1 is 1.03 bits per heavy atom. The SMILES string of the molecule is CN(C)C(=O)c1cccc(OCCOc2ccc(S(=O)(=O)C3(C(=O)NO)CCCOCC3)cc2)c1. The number of hydrogen-bond donors (Lipinski definition) is 2. The maximum absolute atomic E-state index is 13.4. The lowest BCUT2D eigenvalue weighted by atomic mass is 9.99. The van der Waals surface area contributed by atoms with E-state index in [1.165, 1.54) is 34.6 Å². The van der Waals surface area contributed by atoms with Crippen molar-refractivity contribution in [2.24, 2.45) is 0 Å². The molecular weight excluding hydrogens is 476 g/mol. The molecule has 2 aromatic carbocycles. The van der Waals surface area contributed by atoms with Gasteiger partial charge in [-0.25, -0.2) is 13.9 Å². The Balaban J connectivity index is 1.62. The van der Waals surface area contributed by atoms with Gasteiger partial charge >= 0.3 is 0 Å². The van der Waals surface area contributed by atoms with Crippen molar-refractivity contribution in [2.45, 2.75) is 28.9 Å². The van der Waals surface area contributed by atoms with E-state index in [9.17, 15) is 23.2 Å². The molecule has 11 heteroatoms. The Bertz CT molecular complexity index is 1120. The molecule has 3 rings (SSSR count). The maximum Gasteiger partial charge on any atom is 0.265 e. The number of hydroxylamine groups is 1. The van der Waals surface area contributed by atoms with E-state index >= 15 is 0 Å². The van der Waals surface area contributed by atoms with Gasteiger partial charge in [-0.05, 0) is 61.7 Å². The third-order valence-electron chi connectivity index (χ3n) is 5.79. The molecule has 10 nitrogen and oxygen atoms in total. The van der Waals surface area contributed by atoms with Gasteiger partial charge in [0.2, 0.25) is 0 Å². The number of rotatable bonds is 9. The Labute approximate surface area is 204 Å². The monoisotopic (exact) mass is 506 g/mol. The molecule has 1 aliphatic rings. The maximum atomic E-state index is 13.4. The molecular formula is C24H30N2O8S. The Morgan fingerprint density at radius 3 is 2.37 bits per heavy atom. The van der Waals surface area contributed by atoms with E-state index < -0.39 is 20.5 Å². The van der Waals surface area contributed by atoms with Gasteiger partial charge in [0.05, 0.1) is 4.90 Å². The van der Waals surface area contributed by atoms with Gasteiger partial charge in [-0.2, -0.15) is 0 Å². The smallest absolute Gasteiger partial charge is 0.265 e. The van der Waals surface area contributed by atoms with Gasteiger partial charge < -0.3 is 19.1 Å². The third-order valence-corrected chi connectivity index (χ3v) is 8.31. The van der Waals surface area contributed by atoms with Crippen molar-refractivity contribution in [3.63, 3.8) is 0 Å². The molecule has 1 aliphatic heterocycles. The van der Waals surface area contributed by atoms with Crippen LogP contribution in [0.15, 0.2) is 53.4 Å². The van der Waals surface area contributed by atoms with E-state index in [4.69, 9.17) is 14.2 Å². The summed E-state index contributed by atoms with van der Waals surface area (Å²) in [7, 11) is -0.771. The summed E-state index contributed by atoms with van der Waals surface area (Å²) in [5.41, 5.74) is 2.03. The number of sulfone groups is 1. The van der Waals surface area contributed by atoms with Crippen molar-refractivity contribution in [2.75, 3.05) is 40.5 Å². The molecule has 1 unspecified atom stereocenters. The van der Waals surface area contributed by atoms with Gasteiger partial charge in [-0.1, -0.05) is 6.07 Å². The zero-order valence-corrected chi connectivity index (χ0v) is 20.5. The molecule has 0 bridgehead atoms. The van der Waals surface area contributed by atoms with Crippen LogP contribution in [-0.4, -0.2) is 75.6 Å². The Morgan fingerprint density at radius 2 is 1.71 bits per heavy atom. The molecule has 0 aromatic heterocycles. The minimum absolute atomic E-state index is 0.0403. The normalized spacial score (nSPS) is 18.3. The van der Waals surface area contributed by atoms with Crippen LogP contribution < -0.4 is 15.0 Å². The number of carbonyl (C=O) groups excluding carboxylic acids is 2. The van der Waals surface area contributed by atoms with Gasteiger partial charge in [0.1, 0.15) is 24.7 Å². The van der Waals surface area contributed by atoms with Crippen LogP contribution in [0.25, 0.3) is 0 Å². The van der Waals surface area contributed by atoms with E-state index in [0.717, 1.165) is 0 Å². The summed E-state index contributed by atoms with van der Waals surface area (Å²) in [4.78, 5) is 26.0. The lowest BCUT2D eigenvalue weighted by Gasteiger charge is -2.29. The molecule has 190 valence electrons. The number of carbonyl (C=O) groups is 2. The highest BCUT2D eigenvalue weighted by molar-refractivity contribution is 7.93. The van der Waals surface area contributed by atoms with Crippen molar-refractivity contribution in [3.8, 4) is 11.5 Å². The average Bonchev–Trinajstić information content (AvgIpc) is 3.13. The van der Waals surface area contributed by atoms with Crippen molar-refractivity contribution in [1.29, 1.82) is 0 Å². The first kappa shape index (κ1) is 26.5. The molecule has 2 N–H and O–H groups in total. The lowest BCUT2D eigenvalue weighted by Crippen LogP contribution is -2.52. The molecule has 2 amide bonds. The Kier molecular flexibility index (Phi) is 8.71. The second-order valence-corrected chi connectivity index (χ2v) is 10.6. The molecule has 1 atom stereocenters. The van der Waals surface area contributed by atoms with Crippen molar-refractivity contribution in [1.82, 2.24) is 10.4 Å². The topological polar surface area (TPSA) is 131 Å². The average molecular weight is 507 g/mol. The van der Waals surface area contributed by atoms with E-state index in [-0.39, 0.29) is 43.5 Å². The van der Waals surface area contributed by atoms with Crippen molar-refractivity contribution in [3.05, 3.63) is 54.1 Å². The van der Waals surface area contributed by atoms with Gasteiger partial charge in [0.15, 0.2) is 14.6 Å². The lowest BCUT2D eigenvalue weighted by molar-refractivity contribution is -0.132. The van der Waals surface area contributed by atoms with Crippen LogP contribution in [0.2, 0.25) is 0 Å². The fourth-order valence-electron chi connectivity index (χ4n) is 3.88. The van der Waals surface area contributed by atoms with Crippen LogP contribution in [0, 0.1) is 0 Å². The molecule has 1 fully saturated rings. The van der Waals surface area contributed by atoms with Crippen molar-refractivity contribution >= 4 is 21.7 Å². The first-order valence-electron chi connectivity index (χ1n) is 11.2. The first-order valence-corrected chi connectivity index (χ1v) is 12.6. The van der Waals surface area contributed by atoms with Crippen LogP contribution in [-0.2, 0) is 19.4 Å². The molecule has 1 saturated heterocycles. The van der Waals surface area contributed by atoms with Gasteiger partial charge in [-0.15, -0.1) is 0 Å². The molecule has 35 heavy (non-hydrogen) atoms. The summed E-state index contributed by atoms with van der Waals surface area (Å²) in [5, 5.41) is 9.21. The first-order chi connectivity index (χ1) is 16.7. The quantitative estimate of drug-likeness (QED) is 0.300. The summed E-state index contributed by atoms with van der Waals surface area (Å²) in [6.07, 6.45) is 0.359. The second kappa shape index (κ2) is 11.5. The summed E-state index contributed by atoms with van der Waals surface area (Å²) in [5.74, 6) is -0.135. The molecule has 2 aromatic rings. The zero-order chi connectivity index (χ0) is 25.5. The second-order valence-electron chi connectivity index (χ2n) is 8.30. The largest absolute Gasteiger partial charge is 0.490 e. The predicted octanol–water partition coefficient (Wildman–Crippen LogP) is 2.06. The molecule has 0 radical (unpaired) electrons. The predicted molar refractivity (Wildman–Crippen MR) is 126 cm³/mol.